The molecule has 1 aliphatic heterocycles. The molecular weight excluding hydrogens is 439 g/mol. The molecule has 0 bridgehead atoms. The minimum Gasteiger partial charge on any atom is -0.452 e. The predicted octanol–water partition coefficient (Wildman–Crippen LogP) is 5.73. The number of hydrogen-bond acceptors (Lipinski definition) is 4. The molecule has 0 aromatic heterocycles. The zero-order valence-corrected chi connectivity index (χ0v) is 16.8. The second-order valence-corrected chi connectivity index (χ2v) is 7.39. The van der Waals surface area contributed by atoms with Crippen LogP contribution >= 0.6 is 15.9 Å². The summed E-state index contributed by atoms with van der Waals surface area (Å²) in [4.78, 5) is 25.0. The molecule has 0 saturated carbocycles. The SMILES string of the molecule is Cc1cc(OC(=O)c2ccccc2F)cc2c1C(=O)/C(=C/c1ccc(Br)cc1)O2. The summed E-state index contributed by atoms with van der Waals surface area (Å²) < 4.78 is 25.7. The summed E-state index contributed by atoms with van der Waals surface area (Å²) in [5.41, 5.74) is 1.66. The van der Waals surface area contributed by atoms with Crippen LogP contribution < -0.4 is 9.47 Å². The average Bonchev–Trinajstić information content (AvgIpc) is 2.99. The van der Waals surface area contributed by atoms with Crippen LogP contribution in [-0.2, 0) is 0 Å². The number of fused-ring (bicyclic) bond motifs is 1. The van der Waals surface area contributed by atoms with Crippen LogP contribution in [0.2, 0.25) is 0 Å². The van der Waals surface area contributed by atoms with Crippen molar-refractivity contribution in [2.45, 2.75) is 6.92 Å². The number of aryl methyl sites for hydroxylation is 1. The van der Waals surface area contributed by atoms with Gasteiger partial charge in [-0.1, -0.05) is 40.2 Å². The number of esters is 1. The van der Waals surface area contributed by atoms with Gasteiger partial charge in [-0.3, -0.25) is 4.79 Å². The molecule has 4 rings (SSSR count). The zero-order valence-electron chi connectivity index (χ0n) is 15.2. The Hall–Kier alpha value is -3.25. The Morgan fingerprint density at radius 3 is 2.55 bits per heavy atom. The molecule has 0 spiro atoms. The molecule has 6 heteroatoms. The number of carbonyl (C=O) groups excluding carboxylic acids is 2. The topological polar surface area (TPSA) is 52.6 Å². The third-order valence-corrected chi connectivity index (χ3v) is 4.94. The van der Waals surface area contributed by atoms with Crippen molar-refractivity contribution in [2.24, 2.45) is 0 Å². The van der Waals surface area contributed by atoms with E-state index in [1.165, 1.54) is 24.3 Å². The summed E-state index contributed by atoms with van der Waals surface area (Å²) in [7, 11) is 0. The predicted molar refractivity (Wildman–Crippen MR) is 110 cm³/mol. The lowest BCUT2D eigenvalue weighted by molar-refractivity contribution is 0.0729. The highest BCUT2D eigenvalue weighted by Gasteiger charge is 2.30. The molecule has 0 saturated heterocycles. The maximum atomic E-state index is 13.8. The number of halogens is 2. The van der Waals surface area contributed by atoms with Crippen LogP contribution in [0.1, 0.15) is 31.8 Å². The van der Waals surface area contributed by atoms with E-state index < -0.39 is 11.8 Å². The number of Topliss-reactive ketones (excluding diaryl/α,β-unsaturated/α-hetero) is 1. The number of carbonyl (C=O) groups is 2. The van der Waals surface area contributed by atoms with E-state index in [4.69, 9.17) is 9.47 Å². The van der Waals surface area contributed by atoms with Crippen molar-refractivity contribution in [1.82, 2.24) is 0 Å². The third-order valence-electron chi connectivity index (χ3n) is 4.42. The molecule has 0 N–H and O–H groups in total. The van der Waals surface area contributed by atoms with Gasteiger partial charge in [0.1, 0.15) is 17.3 Å². The molecule has 0 atom stereocenters. The Bertz CT molecular complexity index is 1170. The first kappa shape index (κ1) is 19.1. The van der Waals surface area contributed by atoms with Crippen LogP contribution in [-0.4, -0.2) is 11.8 Å². The Labute approximate surface area is 174 Å². The Morgan fingerprint density at radius 2 is 1.83 bits per heavy atom. The fraction of sp³-hybridized carbons (Fsp3) is 0.0435. The lowest BCUT2D eigenvalue weighted by Gasteiger charge is -2.08. The van der Waals surface area contributed by atoms with Gasteiger partial charge >= 0.3 is 5.97 Å². The van der Waals surface area contributed by atoms with Gasteiger partial charge in [0.05, 0.1) is 11.1 Å². The molecule has 144 valence electrons. The maximum Gasteiger partial charge on any atom is 0.346 e. The fourth-order valence-corrected chi connectivity index (χ4v) is 3.30. The second kappa shape index (κ2) is 7.64. The normalized spacial score (nSPS) is 13.9. The number of hydrogen-bond donors (Lipinski definition) is 0. The molecule has 3 aromatic rings. The van der Waals surface area contributed by atoms with Crippen molar-refractivity contribution < 1.29 is 23.5 Å². The van der Waals surface area contributed by atoms with Gasteiger partial charge in [0.25, 0.3) is 0 Å². The van der Waals surface area contributed by atoms with Crippen LogP contribution in [0, 0.1) is 12.7 Å². The van der Waals surface area contributed by atoms with Gasteiger partial charge < -0.3 is 9.47 Å². The van der Waals surface area contributed by atoms with Crippen molar-refractivity contribution in [2.75, 3.05) is 0 Å². The molecule has 1 heterocycles. The molecular formula is C23H14BrFO4. The van der Waals surface area contributed by atoms with Gasteiger partial charge in [-0.05, 0) is 54.5 Å². The number of ether oxygens (including phenoxy) is 2. The number of allylic oxidation sites excluding steroid dienone is 1. The van der Waals surface area contributed by atoms with Crippen molar-refractivity contribution >= 4 is 33.8 Å². The molecule has 0 amide bonds. The first-order valence-corrected chi connectivity index (χ1v) is 9.53. The van der Waals surface area contributed by atoms with Crippen molar-refractivity contribution in [3.05, 3.63) is 99.0 Å². The minimum atomic E-state index is -0.822. The molecule has 0 fully saturated rings. The van der Waals surface area contributed by atoms with Gasteiger partial charge in [-0.15, -0.1) is 0 Å². The van der Waals surface area contributed by atoms with E-state index in [0.29, 0.717) is 16.9 Å². The first-order chi connectivity index (χ1) is 13.9. The third kappa shape index (κ3) is 3.84. The first-order valence-electron chi connectivity index (χ1n) is 8.73. The standard InChI is InChI=1S/C23H14BrFO4/c1-13-10-16(28-23(27)17-4-2-3-5-18(17)25)12-19-21(13)22(26)20(29-19)11-14-6-8-15(24)9-7-14/h2-12H,1H3/b20-11-. The highest BCUT2D eigenvalue weighted by molar-refractivity contribution is 9.10. The molecule has 29 heavy (non-hydrogen) atoms. The van der Waals surface area contributed by atoms with Gasteiger partial charge in [0, 0.05) is 10.5 Å². The highest BCUT2D eigenvalue weighted by atomic mass is 79.9. The lowest BCUT2D eigenvalue weighted by atomic mass is 10.0. The second-order valence-electron chi connectivity index (χ2n) is 6.47. The van der Waals surface area contributed by atoms with E-state index in [1.54, 1.807) is 25.1 Å². The summed E-state index contributed by atoms with van der Waals surface area (Å²) >= 11 is 3.37. The van der Waals surface area contributed by atoms with Crippen LogP contribution in [0.5, 0.6) is 11.5 Å². The number of rotatable bonds is 3. The van der Waals surface area contributed by atoms with E-state index in [-0.39, 0.29) is 22.9 Å². The van der Waals surface area contributed by atoms with E-state index in [1.807, 2.05) is 24.3 Å². The van der Waals surface area contributed by atoms with E-state index >= 15 is 0 Å². The monoisotopic (exact) mass is 452 g/mol. The fourth-order valence-electron chi connectivity index (χ4n) is 3.04. The molecule has 0 radical (unpaired) electrons. The Balaban J connectivity index is 1.62. The quantitative estimate of drug-likeness (QED) is 0.289. The number of benzene rings is 3. The molecule has 0 unspecified atom stereocenters. The van der Waals surface area contributed by atoms with Crippen LogP contribution in [0.3, 0.4) is 0 Å². The summed E-state index contributed by atoms with van der Waals surface area (Å²) in [6.07, 6.45) is 1.65. The van der Waals surface area contributed by atoms with E-state index in [9.17, 15) is 14.0 Å². The Kier molecular flexibility index (Phi) is 5.03. The van der Waals surface area contributed by atoms with Gasteiger partial charge in [0.15, 0.2) is 5.76 Å². The van der Waals surface area contributed by atoms with E-state index in [2.05, 4.69) is 15.9 Å². The van der Waals surface area contributed by atoms with Crippen molar-refractivity contribution in [1.29, 1.82) is 0 Å². The van der Waals surface area contributed by atoms with Crippen LogP contribution in [0.15, 0.2) is 70.9 Å². The van der Waals surface area contributed by atoms with Gasteiger partial charge in [-0.2, -0.15) is 0 Å². The summed E-state index contributed by atoms with van der Waals surface area (Å²) in [5, 5.41) is 0. The van der Waals surface area contributed by atoms with Crippen molar-refractivity contribution in [3.8, 4) is 11.5 Å². The highest BCUT2D eigenvalue weighted by Crippen LogP contribution is 2.37. The van der Waals surface area contributed by atoms with Gasteiger partial charge in [-0.25, -0.2) is 9.18 Å². The maximum absolute atomic E-state index is 13.8. The summed E-state index contributed by atoms with van der Waals surface area (Å²) in [6.45, 7) is 1.73. The smallest absolute Gasteiger partial charge is 0.346 e. The van der Waals surface area contributed by atoms with Gasteiger partial charge in [0.2, 0.25) is 5.78 Å². The molecule has 4 nitrogen and oxygen atoms in total. The zero-order chi connectivity index (χ0) is 20.5. The molecule has 0 aliphatic carbocycles. The summed E-state index contributed by atoms with van der Waals surface area (Å²) in [6, 6.07) is 16.0. The average molecular weight is 453 g/mol. The summed E-state index contributed by atoms with van der Waals surface area (Å²) in [5.74, 6) is -1.07. The molecule has 3 aromatic carbocycles. The molecule has 1 aliphatic rings. The lowest BCUT2D eigenvalue weighted by Crippen LogP contribution is -2.10. The van der Waals surface area contributed by atoms with Crippen molar-refractivity contribution in [3.63, 3.8) is 0 Å². The largest absolute Gasteiger partial charge is 0.452 e. The van der Waals surface area contributed by atoms with Crippen LogP contribution in [0.4, 0.5) is 4.39 Å². The van der Waals surface area contributed by atoms with Crippen LogP contribution in [0.25, 0.3) is 6.08 Å². The minimum absolute atomic E-state index is 0.168. The number of ketones is 1. The Morgan fingerprint density at radius 1 is 1.10 bits per heavy atom. The van der Waals surface area contributed by atoms with E-state index in [0.717, 1.165) is 10.0 Å².